The van der Waals surface area contributed by atoms with Crippen LogP contribution in [0, 0.1) is 5.82 Å². The summed E-state index contributed by atoms with van der Waals surface area (Å²) in [5, 5.41) is 9.37. The lowest BCUT2D eigenvalue weighted by Crippen LogP contribution is -2.09. The molecule has 1 N–H and O–H groups in total. The van der Waals surface area contributed by atoms with Gasteiger partial charge < -0.3 is 9.84 Å². The number of halogens is 1. The second-order valence-corrected chi connectivity index (χ2v) is 3.34. The van der Waals surface area contributed by atoms with E-state index in [1.165, 1.54) is 12.1 Å². The van der Waals surface area contributed by atoms with Gasteiger partial charge in [0.2, 0.25) is 0 Å². The lowest BCUT2D eigenvalue weighted by Gasteiger charge is -2.05. The molecule has 0 aliphatic heterocycles. The van der Waals surface area contributed by atoms with Gasteiger partial charge in [0, 0.05) is 0 Å². The number of aromatic hydroxyl groups is 1. The van der Waals surface area contributed by atoms with Crippen molar-refractivity contribution >= 4 is 5.97 Å². The van der Waals surface area contributed by atoms with Crippen LogP contribution in [0.25, 0.3) is 0 Å². The van der Waals surface area contributed by atoms with E-state index in [0.717, 1.165) is 6.07 Å². The molecule has 0 bridgehead atoms. The monoisotopic (exact) mass is 232 g/mol. The van der Waals surface area contributed by atoms with Gasteiger partial charge in [0.25, 0.3) is 0 Å². The molecule has 4 heteroatoms. The van der Waals surface area contributed by atoms with Crippen LogP contribution in [0.4, 0.5) is 4.39 Å². The van der Waals surface area contributed by atoms with Crippen molar-refractivity contribution in [2.75, 3.05) is 0 Å². The van der Waals surface area contributed by atoms with Crippen LogP contribution in [0.15, 0.2) is 48.5 Å². The molecule has 0 unspecified atom stereocenters. The maximum atomic E-state index is 13.0. The smallest absolute Gasteiger partial charge is 0.347 e. The highest BCUT2D eigenvalue weighted by molar-refractivity contribution is 5.93. The Morgan fingerprint density at radius 3 is 2.47 bits per heavy atom. The minimum Gasteiger partial charge on any atom is -0.504 e. The molecule has 0 saturated carbocycles. The number of carbonyl (C=O) groups is 1. The van der Waals surface area contributed by atoms with E-state index < -0.39 is 17.5 Å². The fourth-order valence-electron chi connectivity index (χ4n) is 1.33. The maximum absolute atomic E-state index is 13.0. The molecule has 0 saturated heterocycles. The molecule has 0 aliphatic rings. The van der Waals surface area contributed by atoms with Gasteiger partial charge in [0.15, 0.2) is 11.6 Å². The third-order valence-electron chi connectivity index (χ3n) is 2.16. The number of esters is 1. The molecule has 0 heterocycles. The number of para-hydroxylation sites is 2. The Kier molecular flexibility index (Phi) is 3.05. The number of ether oxygens (including phenoxy) is 1. The van der Waals surface area contributed by atoms with Crippen LogP contribution < -0.4 is 4.74 Å². The second-order valence-electron chi connectivity index (χ2n) is 3.34. The van der Waals surface area contributed by atoms with Gasteiger partial charge in [-0.1, -0.05) is 24.3 Å². The van der Waals surface area contributed by atoms with E-state index in [-0.39, 0.29) is 5.56 Å². The van der Waals surface area contributed by atoms with Gasteiger partial charge in [0.1, 0.15) is 11.3 Å². The van der Waals surface area contributed by atoms with Crippen molar-refractivity contribution in [1.29, 1.82) is 0 Å². The summed E-state index contributed by atoms with van der Waals surface area (Å²) in [4.78, 5) is 11.6. The first kappa shape index (κ1) is 11.1. The maximum Gasteiger partial charge on any atom is 0.347 e. The number of carbonyl (C=O) groups excluding carboxylic acids is 1. The summed E-state index contributed by atoms with van der Waals surface area (Å²) in [5.74, 6) is -2.02. The molecule has 17 heavy (non-hydrogen) atoms. The zero-order chi connectivity index (χ0) is 12.3. The molecular formula is C13H9FO3. The van der Waals surface area contributed by atoms with E-state index in [4.69, 9.17) is 4.74 Å². The van der Waals surface area contributed by atoms with Crippen molar-refractivity contribution in [3.63, 3.8) is 0 Å². The Balaban J connectivity index is 2.24. The molecular weight excluding hydrogens is 223 g/mol. The molecule has 0 amide bonds. The average Bonchev–Trinajstić information content (AvgIpc) is 2.34. The summed E-state index contributed by atoms with van der Waals surface area (Å²) in [6.45, 7) is 0. The normalized spacial score (nSPS) is 9.94. The number of benzene rings is 2. The predicted octanol–water partition coefficient (Wildman–Crippen LogP) is 2.75. The Morgan fingerprint density at radius 1 is 1.06 bits per heavy atom. The molecule has 86 valence electrons. The highest BCUT2D eigenvalue weighted by Gasteiger charge is 2.16. The number of hydrogen-bond donors (Lipinski definition) is 1. The summed E-state index contributed by atoms with van der Waals surface area (Å²) in [7, 11) is 0. The fourth-order valence-corrected chi connectivity index (χ4v) is 1.33. The van der Waals surface area contributed by atoms with E-state index >= 15 is 0 Å². The van der Waals surface area contributed by atoms with Gasteiger partial charge in [-0.2, -0.15) is 0 Å². The molecule has 0 fully saturated rings. The molecule has 0 aliphatic carbocycles. The van der Waals surface area contributed by atoms with Gasteiger partial charge >= 0.3 is 5.97 Å². The average molecular weight is 232 g/mol. The van der Waals surface area contributed by atoms with Gasteiger partial charge in [-0.15, -0.1) is 0 Å². The molecule has 2 aromatic carbocycles. The lowest BCUT2D eigenvalue weighted by molar-refractivity contribution is 0.0730. The Hall–Kier alpha value is -2.36. The topological polar surface area (TPSA) is 46.5 Å². The van der Waals surface area contributed by atoms with Crippen LogP contribution in [0.5, 0.6) is 11.5 Å². The van der Waals surface area contributed by atoms with Crippen molar-refractivity contribution in [1.82, 2.24) is 0 Å². The Morgan fingerprint density at radius 2 is 1.76 bits per heavy atom. The van der Waals surface area contributed by atoms with Crippen LogP contribution in [0.3, 0.4) is 0 Å². The first-order chi connectivity index (χ1) is 8.18. The second kappa shape index (κ2) is 4.65. The van der Waals surface area contributed by atoms with Crippen molar-refractivity contribution in [3.05, 3.63) is 59.9 Å². The Labute approximate surface area is 97.1 Å². The summed E-state index contributed by atoms with van der Waals surface area (Å²) >= 11 is 0. The van der Waals surface area contributed by atoms with Crippen molar-refractivity contribution in [2.45, 2.75) is 0 Å². The minimum atomic E-state index is -0.854. The molecule has 3 nitrogen and oxygen atoms in total. The number of rotatable bonds is 2. The quantitative estimate of drug-likeness (QED) is 0.639. The van der Waals surface area contributed by atoms with Gasteiger partial charge in [0.05, 0.1) is 0 Å². The van der Waals surface area contributed by atoms with Crippen LogP contribution >= 0.6 is 0 Å². The standard InChI is InChI=1S/C13H9FO3/c14-11-8-4-7-10(12(11)15)13(16)17-9-5-2-1-3-6-9/h1-8,15H. The largest absolute Gasteiger partial charge is 0.504 e. The summed E-state index contributed by atoms with van der Waals surface area (Å²) in [6.07, 6.45) is 0. The zero-order valence-corrected chi connectivity index (χ0v) is 8.76. The lowest BCUT2D eigenvalue weighted by atomic mass is 10.2. The summed E-state index contributed by atoms with van der Waals surface area (Å²) in [6, 6.07) is 12.1. The molecule has 0 aromatic heterocycles. The van der Waals surface area contributed by atoms with Crippen molar-refractivity contribution in [3.8, 4) is 11.5 Å². The van der Waals surface area contributed by atoms with Crippen LogP contribution in [-0.4, -0.2) is 11.1 Å². The minimum absolute atomic E-state index is 0.200. The van der Waals surface area contributed by atoms with E-state index in [0.29, 0.717) is 5.75 Å². The highest BCUT2D eigenvalue weighted by atomic mass is 19.1. The number of phenols is 1. The zero-order valence-electron chi connectivity index (χ0n) is 8.76. The van der Waals surface area contributed by atoms with Crippen LogP contribution in [0.1, 0.15) is 10.4 Å². The number of phenolic OH excluding ortho intramolecular Hbond substituents is 1. The predicted molar refractivity (Wildman–Crippen MR) is 59.5 cm³/mol. The number of hydrogen-bond acceptors (Lipinski definition) is 3. The molecule has 2 aromatic rings. The molecule has 2 rings (SSSR count). The van der Waals surface area contributed by atoms with Gasteiger partial charge in [-0.05, 0) is 24.3 Å². The van der Waals surface area contributed by atoms with E-state index in [9.17, 15) is 14.3 Å². The van der Waals surface area contributed by atoms with Crippen molar-refractivity contribution in [2.24, 2.45) is 0 Å². The SMILES string of the molecule is O=C(Oc1ccccc1)c1cccc(F)c1O. The molecule has 0 radical (unpaired) electrons. The first-order valence-corrected chi connectivity index (χ1v) is 4.93. The third kappa shape index (κ3) is 2.42. The molecule has 0 atom stereocenters. The van der Waals surface area contributed by atoms with Gasteiger partial charge in [-0.3, -0.25) is 0 Å². The summed E-state index contributed by atoms with van der Waals surface area (Å²) in [5.41, 5.74) is -0.200. The van der Waals surface area contributed by atoms with Crippen molar-refractivity contribution < 1.29 is 19.0 Å². The first-order valence-electron chi connectivity index (χ1n) is 4.93. The Bertz CT molecular complexity index is 538. The van der Waals surface area contributed by atoms with Crippen LogP contribution in [0.2, 0.25) is 0 Å². The van der Waals surface area contributed by atoms with E-state index in [1.807, 2.05) is 0 Å². The van der Waals surface area contributed by atoms with E-state index in [1.54, 1.807) is 30.3 Å². The molecule has 0 spiro atoms. The summed E-state index contributed by atoms with van der Waals surface area (Å²) < 4.78 is 18.0. The van der Waals surface area contributed by atoms with E-state index in [2.05, 4.69) is 0 Å². The highest BCUT2D eigenvalue weighted by Crippen LogP contribution is 2.22. The van der Waals surface area contributed by atoms with Crippen LogP contribution in [-0.2, 0) is 0 Å². The van der Waals surface area contributed by atoms with Gasteiger partial charge in [-0.25, -0.2) is 9.18 Å². The fraction of sp³-hybridized carbons (Fsp3) is 0. The third-order valence-corrected chi connectivity index (χ3v) is 2.16.